The summed E-state index contributed by atoms with van der Waals surface area (Å²) in [7, 11) is 0. The Bertz CT molecular complexity index is 350. The van der Waals surface area contributed by atoms with Crippen LogP contribution in [0.15, 0.2) is 6.07 Å². The Kier molecular flexibility index (Phi) is 2.50. The van der Waals surface area contributed by atoms with Crippen molar-refractivity contribution in [3.63, 3.8) is 0 Å². The zero-order valence-corrected chi connectivity index (χ0v) is 7.02. The van der Waals surface area contributed by atoms with Gasteiger partial charge in [-0.15, -0.1) is 13.2 Å². The SMILES string of the molecule is Cc1nc(N)c(OC(F)(F)F)cc1F. The summed E-state index contributed by atoms with van der Waals surface area (Å²) in [4.78, 5) is 3.34. The minimum atomic E-state index is -4.91. The predicted octanol–water partition coefficient (Wildman–Crippen LogP) is 2.01. The van der Waals surface area contributed by atoms with Crippen molar-refractivity contribution < 1.29 is 22.3 Å². The number of hydrogen-bond donors (Lipinski definition) is 1. The van der Waals surface area contributed by atoms with Crippen LogP contribution in [0.4, 0.5) is 23.4 Å². The van der Waals surface area contributed by atoms with Crippen molar-refractivity contribution >= 4 is 5.82 Å². The third-order valence-corrected chi connectivity index (χ3v) is 1.37. The molecule has 0 aromatic carbocycles. The van der Waals surface area contributed by atoms with Crippen LogP contribution in [-0.4, -0.2) is 11.3 Å². The molecule has 0 saturated heterocycles. The van der Waals surface area contributed by atoms with E-state index < -0.39 is 23.7 Å². The maximum atomic E-state index is 12.8. The molecule has 2 N–H and O–H groups in total. The molecule has 0 radical (unpaired) electrons. The van der Waals surface area contributed by atoms with Gasteiger partial charge in [0.05, 0.1) is 5.69 Å². The van der Waals surface area contributed by atoms with Gasteiger partial charge in [-0.3, -0.25) is 0 Å². The lowest BCUT2D eigenvalue weighted by molar-refractivity contribution is -0.274. The molecule has 1 aromatic heterocycles. The van der Waals surface area contributed by atoms with Crippen molar-refractivity contribution in [2.75, 3.05) is 5.73 Å². The highest BCUT2D eigenvalue weighted by Gasteiger charge is 2.32. The molecule has 0 aliphatic rings. The summed E-state index contributed by atoms with van der Waals surface area (Å²) < 4.78 is 51.4. The van der Waals surface area contributed by atoms with Crippen molar-refractivity contribution in [3.05, 3.63) is 17.6 Å². The highest BCUT2D eigenvalue weighted by atomic mass is 19.4. The number of nitrogen functional groups attached to an aromatic ring is 1. The second-order valence-electron chi connectivity index (χ2n) is 2.49. The Morgan fingerprint density at radius 2 is 2.00 bits per heavy atom. The predicted molar refractivity (Wildman–Crippen MR) is 40.0 cm³/mol. The van der Waals surface area contributed by atoms with E-state index in [4.69, 9.17) is 5.73 Å². The number of aryl methyl sites for hydroxylation is 1. The van der Waals surface area contributed by atoms with E-state index in [1.807, 2.05) is 0 Å². The molecule has 1 heterocycles. The first-order valence-electron chi connectivity index (χ1n) is 3.48. The number of rotatable bonds is 1. The molecule has 3 nitrogen and oxygen atoms in total. The third kappa shape index (κ3) is 2.48. The van der Waals surface area contributed by atoms with Crippen LogP contribution in [0.1, 0.15) is 5.69 Å². The fraction of sp³-hybridized carbons (Fsp3) is 0.286. The first-order valence-corrected chi connectivity index (χ1v) is 3.48. The van der Waals surface area contributed by atoms with Gasteiger partial charge in [-0.2, -0.15) is 0 Å². The second kappa shape index (κ2) is 3.32. The van der Waals surface area contributed by atoms with E-state index in [-0.39, 0.29) is 5.69 Å². The van der Waals surface area contributed by atoms with Crippen molar-refractivity contribution in [1.82, 2.24) is 4.98 Å². The normalized spacial score (nSPS) is 11.5. The van der Waals surface area contributed by atoms with E-state index >= 15 is 0 Å². The molecule has 14 heavy (non-hydrogen) atoms. The van der Waals surface area contributed by atoms with Crippen molar-refractivity contribution in [3.8, 4) is 5.75 Å². The lowest BCUT2D eigenvalue weighted by Crippen LogP contribution is -2.18. The van der Waals surface area contributed by atoms with Crippen LogP contribution in [0.2, 0.25) is 0 Å². The fourth-order valence-electron chi connectivity index (χ4n) is 0.789. The molecule has 0 atom stereocenters. The summed E-state index contributed by atoms with van der Waals surface area (Å²) in [5, 5.41) is 0. The zero-order chi connectivity index (χ0) is 10.9. The number of pyridine rings is 1. The molecular weight excluding hydrogens is 204 g/mol. The van der Waals surface area contributed by atoms with Crippen LogP contribution < -0.4 is 10.5 Å². The quantitative estimate of drug-likeness (QED) is 0.721. The molecule has 0 amide bonds. The van der Waals surface area contributed by atoms with Crippen LogP contribution in [-0.2, 0) is 0 Å². The molecule has 78 valence electrons. The lowest BCUT2D eigenvalue weighted by atomic mass is 10.3. The standard InChI is InChI=1S/C7H6F4N2O/c1-3-4(8)2-5(6(12)13-3)14-7(9,10)11/h2H,1H3,(H2,12,13). The monoisotopic (exact) mass is 210 g/mol. The number of aromatic nitrogens is 1. The van der Waals surface area contributed by atoms with Gasteiger partial charge in [0.15, 0.2) is 11.6 Å². The number of alkyl halides is 3. The van der Waals surface area contributed by atoms with E-state index in [0.717, 1.165) is 0 Å². The zero-order valence-electron chi connectivity index (χ0n) is 7.02. The second-order valence-corrected chi connectivity index (χ2v) is 2.49. The lowest BCUT2D eigenvalue weighted by Gasteiger charge is -2.10. The van der Waals surface area contributed by atoms with Gasteiger partial charge in [-0.1, -0.05) is 0 Å². The molecule has 0 unspecified atom stereocenters. The highest BCUT2D eigenvalue weighted by Crippen LogP contribution is 2.28. The molecule has 0 saturated carbocycles. The van der Waals surface area contributed by atoms with Gasteiger partial charge in [0.1, 0.15) is 5.82 Å². The van der Waals surface area contributed by atoms with Gasteiger partial charge in [0.25, 0.3) is 0 Å². The maximum Gasteiger partial charge on any atom is 0.573 e. The van der Waals surface area contributed by atoms with E-state index in [1.54, 1.807) is 0 Å². The third-order valence-electron chi connectivity index (χ3n) is 1.37. The molecule has 0 spiro atoms. The van der Waals surface area contributed by atoms with E-state index in [1.165, 1.54) is 6.92 Å². The van der Waals surface area contributed by atoms with Crippen LogP contribution in [0.3, 0.4) is 0 Å². The van der Waals surface area contributed by atoms with Crippen molar-refractivity contribution in [2.45, 2.75) is 13.3 Å². The van der Waals surface area contributed by atoms with Crippen LogP contribution in [0, 0.1) is 12.7 Å². The Labute approximate surface area is 76.5 Å². The summed E-state index contributed by atoms with van der Waals surface area (Å²) in [6, 6.07) is 0.547. The summed E-state index contributed by atoms with van der Waals surface area (Å²) in [6.45, 7) is 1.28. The van der Waals surface area contributed by atoms with Gasteiger partial charge in [0, 0.05) is 6.07 Å². The van der Waals surface area contributed by atoms with Gasteiger partial charge in [0.2, 0.25) is 0 Å². The number of ether oxygens (including phenoxy) is 1. The minimum Gasteiger partial charge on any atom is -0.402 e. The van der Waals surface area contributed by atoms with Gasteiger partial charge < -0.3 is 10.5 Å². The van der Waals surface area contributed by atoms with Crippen LogP contribution in [0.5, 0.6) is 5.75 Å². The largest absolute Gasteiger partial charge is 0.573 e. The summed E-state index contributed by atoms with van der Waals surface area (Å²) in [5.74, 6) is -2.24. The first kappa shape index (κ1) is 10.6. The molecule has 0 fully saturated rings. The molecule has 0 aliphatic heterocycles. The van der Waals surface area contributed by atoms with Crippen molar-refractivity contribution in [1.29, 1.82) is 0 Å². The average molecular weight is 210 g/mol. The first-order chi connectivity index (χ1) is 6.29. The van der Waals surface area contributed by atoms with Gasteiger partial charge in [-0.05, 0) is 6.92 Å². The number of halogens is 4. The van der Waals surface area contributed by atoms with E-state index in [2.05, 4.69) is 9.72 Å². The van der Waals surface area contributed by atoms with Gasteiger partial charge >= 0.3 is 6.36 Å². The Hall–Kier alpha value is -1.53. The average Bonchev–Trinajstić information content (AvgIpc) is 1.97. The maximum absolute atomic E-state index is 12.8. The molecule has 0 aliphatic carbocycles. The van der Waals surface area contributed by atoms with Gasteiger partial charge in [-0.25, -0.2) is 9.37 Å². The smallest absolute Gasteiger partial charge is 0.402 e. The van der Waals surface area contributed by atoms with Crippen LogP contribution in [0.25, 0.3) is 0 Å². The van der Waals surface area contributed by atoms with E-state index in [9.17, 15) is 17.6 Å². The Morgan fingerprint density at radius 1 is 1.43 bits per heavy atom. The summed E-state index contributed by atoms with van der Waals surface area (Å²) in [6.07, 6.45) is -4.91. The molecular formula is C7H6F4N2O. The molecule has 1 aromatic rings. The fourth-order valence-corrected chi connectivity index (χ4v) is 0.789. The summed E-state index contributed by atoms with van der Waals surface area (Å²) in [5.41, 5.74) is 5.01. The number of hydrogen-bond acceptors (Lipinski definition) is 3. The minimum absolute atomic E-state index is 0.0861. The Balaban J connectivity index is 3.04. The molecule has 0 bridgehead atoms. The number of nitrogens with zero attached hydrogens (tertiary/aromatic N) is 1. The number of anilines is 1. The van der Waals surface area contributed by atoms with Crippen molar-refractivity contribution in [2.24, 2.45) is 0 Å². The molecule has 1 rings (SSSR count). The highest BCUT2D eigenvalue weighted by molar-refractivity contribution is 5.46. The topological polar surface area (TPSA) is 48.1 Å². The van der Waals surface area contributed by atoms with Crippen LogP contribution >= 0.6 is 0 Å². The van der Waals surface area contributed by atoms with E-state index in [0.29, 0.717) is 6.07 Å². The number of nitrogens with two attached hydrogens (primary N) is 1. The summed E-state index contributed by atoms with van der Waals surface area (Å²) >= 11 is 0. The Morgan fingerprint density at radius 3 is 2.50 bits per heavy atom. The molecule has 7 heteroatoms.